The van der Waals surface area contributed by atoms with Gasteiger partial charge < -0.3 is 10.1 Å². The quantitative estimate of drug-likeness (QED) is 0.779. The number of rotatable bonds is 2. The number of anilines is 1. The van der Waals surface area contributed by atoms with Crippen molar-refractivity contribution in [3.8, 4) is 5.88 Å². The molecule has 0 spiro atoms. The van der Waals surface area contributed by atoms with Gasteiger partial charge in [0, 0.05) is 13.8 Å². The van der Waals surface area contributed by atoms with Crippen LogP contribution in [0.5, 0.6) is 5.88 Å². The summed E-state index contributed by atoms with van der Waals surface area (Å²) in [7, 11) is 0. The second-order valence-corrected chi connectivity index (χ2v) is 3.86. The number of hydrogen-bond donors (Lipinski definition) is 2. The molecule has 0 aliphatic carbocycles. The highest BCUT2D eigenvalue weighted by atomic mass is 16.5. The molecule has 0 bridgehead atoms. The largest absolute Gasteiger partial charge is 0.405 e. The number of nitrogens with one attached hydrogen (secondary N) is 2. The number of H-pyrrole nitrogens is 1. The van der Waals surface area contributed by atoms with Crippen molar-refractivity contribution in [1.29, 1.82) is 0 Å². The van der Waals surface area contributed by atoms with Crippen LogP contribution in [0, 0.1) is 0 Å². The predicted molar refractivity (Wildman–Crippen MR) is 68.0 cm³/mol. The first-order chi connectivity index (χ1) is 8.99. The highest BCUT2D eigenvalue weighted by Gasteiger charge is 2.13. The van der Waals surface area contributed by atoms with E-state index in [1.54, 1.807) is 18.2 Å². The topological polar surface area (TPSA) is 101 Å². The van der Waals surface area contributed by atoms with Crippen molar-refractivity contribution in [1.82, 2.24) is 10.2 Å². The summed E-state index contributed by atoms with van der Waals surface area (Å²) >= 11 is 0. The molecule has 0 aliphatic heterocycles. The van der Waals surface area contributed by atoms with Crippen LogP contribution in [0.15, 0.2) is 23.0 Å². The number of benzene rings is 1. The van der Waals surface area contributed by atoms with E-state index in [0.29, 0.717) is 11.1 Å². The Morgan fingerprint density at radius 2 is 2.05 bits per heavy atom. The summed E-state index contributed by atoms with van der Waals surface area (Å²) in [5.74, 6) is -0.863. The van der Waals surface area contributed by atoms with Gasteiger partial charge in [0.05, 0.1) is 16.5 Å². The minimum Gasteiger partial charge on any atom is -0.405 e. The van der Waals surface area contributed by atoms with Crippen molar-refractivity contribution >= 4 is 28.3 Å². The van der Waals surface area contributed by atoms with Crippen molar-refractivity contribution in [2.75, 3.05) is 5.32 Å². The molecule has 0 saturated heterocycles. The lowest BCUT2D eigenvalue weighted by molar-refractivity contribution is -0.132. The molecule has 2 rings (SSSR count). The van der Waals surface area contributed by atoms with Crippen LogP contribution in [-0.4, -0.2) is 22.1 Å². The van der Waals surface area contributed by atoms with Crippen molar-refractivity contribution in [2.45, 2.75) is 13.8 Å². The van der Waals surface area contributed by atoms with E-state index in [4.69, 9.17) is 4.74 Å². The van der Waals surface area contributed by atoms with E-state index in [-0.39, 0.29) is 17.2 Å². The van der Waals surface area contributed by atoms with Crippen LogP contribution in [0.1, 0.15) is 13.8 Å². The number of carbonyl (C=O) groups excluding carboxylic acids is 2. The zero-order valence-corrected chi connectivity index (χ0v) is 10.3. The Morgan fingerprint density at radius 3 is 2.68 bits per heavy atom. The molecule has 98 valence electrons. The van der Waals surface area contributed by atoms with Gasteiger partial charge >= 0.3 is 5.97 Å². The third-order valence-electron chi connectivity index (χ3n) is 2.33. The summed E-state index contributed by atoms with van der Waals surface area (Å²) in [6.45, 7) is 2.57. The van der Waals surface area contributed by atoms with E-state index in [1.165, 1.54) is 13.8 Å². The number of carbonyl (C=O) groups is 2. The van der Waals surface area contributed by atoms with Crippen LogP contribution in [0.25, 0.3) is 10.8 Å². The monoisotopic (exact) mass is 261 g/mol. The van der Waals surface area contributed by atoms with Crippen LogP contribution >= 0.6 is 0 Å². The number of ether oxygens (including phenoxy) is 1. The molecule has 7 nitrogen and oxygen atoms in total. The lowest BCUT2D eigenvalue weighted by atomic mass is 10.1. The number of esters is 1. The van der Waals surface area contributed by atoms with E-state index in [2.05, 4.69) is 15.5 Å². The summed E-state index contributed by atoms with van der Waals surface area (Å²) < 4.78 is 4.91. The van der Waals surface area contributed by atoms with Crippen molar-refractivity contribution in [3.63, 3.8) is 0 Å². The minimum absolute atomic E-state index is 0.00528. The minimum atomic E-state index is -0.550. The molecule has 2 N–H and O–H groups in total. The molecule has 19 heavy (non-hydrogen) atoms. The van der Waals surface area contributed by atoms with Crippen LogP contribution < -0.4 is 15.6 Å². The number of aromatic amines is 1. The number of amides is 1. The predicted octanol–water partition coefficient (Wildman–Crippen LogP) is 0.807. The van der Waals surface area contributed by atoms with Gasteiger partial charge in [-0.1, -0.05) is 6.07 Å². The molecule has 1 aromatic heterocycles. The first kappa shape index (κ1) is 12.7. The van der Waals surface area contributed by atoms with Crippen LogP contribution in [0.4, 0.5) is 5.69 Å². The third kappa shape index (κ3) is 2.59. The maximum absolute atomic E-state index is 11.8. The summed E-state index contributed by atoms with van der Waals surface area (Å²) in [5, 5.41) is 9.01. The molecule has 0 aliphatic rings. The first-order valence-electron chi connectivity index (χ1n) is 5.46. The van der Waals surface area contributed by atoms with E-state index < -0.39 is 11.5 Å². The van der Waals surface area contributed by atoms with Gasteiger partial charge in [-0.2, -0.15) is 0 Å². The van der Waals surface area contributed by atoms with E-state index in [1.807, 2.05) is 0 Å². The summed E-state index contributed by atoms with van der Waals surface area (Å²) in [4.78, 5) is 33.9. The Morgan fingerprint density at radius 1 is 1.32 bits per heavy atom. The zero-order valence-electron chi connectivity index (χ0n) is 10.3. The molecular weight excluding hydrogens is 250 g/mol. The van der Waals surface area contributed by atoms with Crippen molar-refractivity contribution in [3.05, 3.63) is 28.6 Å². The van der Waals surface area contributed by atoms with Gasteiger partial charge in [-0.25, -0.2) is 5.10 Å². The third-order valence-corrected chi connectivity index (χ3v) is 2.33. The molecule has 0 saturated carbocycles. The molecule has 0 atom stereocenters. The smallest absolute Gasteiger partial charge is 0.309 e. The van der Waals surface area contributed by atoms with Crippen LogP contribution in [0.2, 0.25) is 0 Å². The molecular formula is C12H11N3O4. The van der Waals surface area contributed by atoms with Gasteiger partial charge in [-0.05, 0) is 12.1 Å². The lowest BCUT2D eigenvalue weighted by Crippen LogP contribution is -2.15. The standard InChI is InChI=1S/C12H11N3O4/c1-6(16)13-9-5-3-4-8-10(9)11(18)14-15-12(8)19-7(2)17/h3-5H,1-2H3,(H,13,16)(H,14,18). The van der Waals surface area contributed by atoms with Crippen LogP contribution in [-0.2, 0) is 9.59 Å². The van der Waals surface area contributed by atoms with Gasteiger partial charge in [0.1, 0.15) is 0 Å². The highest BCUT2D eigenvalue weighted by molar-refractivity contribution is 6.02. The van der Waals surface area contributed by atoms with Gasteiger partial charge in [-0.15, -0.1) is 5.10 Å². The SMILES string of the molecule is CC(=O)Nc1cccc2c(OC(C)=O)n[nH]c(=O)c12. The number of nitrogens with zero attached hydrogens (tertiary/aromatic N) is 1. The molecule has 2 aromatic rings. The fourth-order valence-corrected chi connectivity index (χ4v) is 1.70. The first-order valence-corrected chi connectivity index (χ1v) is 5.46. The fraction of sp³-hybridized carbons (Fsp3) is 0.167. The second-order valence-electron chi connectivity index (χ2n) is 3.86. The van der Waals surface area contributed by atoms with Crippen molar-refractivity contribution < 1.29 is 14.3 Å². The average Bonchev–Trinajstić information content (AvgIpc) is 2.31. The van der Waals surface area contributed by atoms with Gasteiger partial charge in [0.25, 0.3) is 5.56 Å². The maximum Gasteiger partial charge on any atom is 0.309 e. The molecule has 7 heteroatoms. The summed E-state index contributed by atoms with van der Waals surface area (Å²) in [5.41, 5.74) is -0.141. The number of hydrogen-bond acceptors (Lipinski definition) is 5. The number of aromatic nitrogens is 2. The van der Waals surface area contributed by atoms with Gasteiger partial charge in [-0.3, -0.25) is 14.4 Å². The average molecular weight is 261 g/mol. The Kier molecular flexibility index (Phi) is 3.28. The maximum atomic E-state index is 11.8. The molecule has 1 amide bonds. The van der Waals surface area contributed by atoms with Crippen molar-refractivity contribution in [2.24, 2.45) is 0 Å². The summed E-state index contributed by atoms with van der Waals surface area (Å²) in [6, 6.07) is 4.79. The summed E-state index contributed by atoms with van der Waals surface area (Å²) in [6.07, 6.45) is 0. The molecule has 1 heterocycles. The van der Waals surface area contributed by atoms with Gasteiger partial charge in [0.15, 0.2) is 0 Å². The Labute approximate surface area is 107 Å². The molecule has 0 unspecified atom stereocenters. The number of fused-ring (bicyclic) bond motifs is 1. The fourth-order valence-electron chi connectivity index (χ4n) is 1.70. The van der Waals surface area contributed by atoms with Gasteiger partial charge in [0.2, 0.25) is 11.8 Å². The second kappa shape index (κ2) is 4.89. The Hall–Kier alpha value is -2.70. The highest BCUT2D eigenvalue weighted by Crippen LogP contribution is 2.25. The van der Waals surface area contributed by atoms with E-state index in [0.717, 1.165) is 0 Å². The zero-order chi connectivity index (χ0) is 14.0. The molecule has 1 aromatic carbocycles. The molecule has 0 fully saturated rings. The van der Waals surface area contributed by atoms with Crippen LogP contribution in [0.3, 0.4) is 0 Å². The Bertz CT molecular complexity index is 720. The molecule has 0 radical (unpaired) electrons. The normalized spacial score (nSPS) is 10.2. The van der Waals surface area contributed by atoms with E-state index in [9.17, 15) is 14.4 Å². The van der Waals surface area contributed by atoms with E-state index >= 15 is 0 Å². The lowest BCUT2D eigenvalue weighted by Gasteiger charge is -2.08. The Balaban J connectivity index is 2.71.